The number of aliphatic hydroxyl groups is 1. The van der Waals surface area contributed by atoms with E-state index in [0.717, 1.165) is 24.5 Å². The molecular weight excluding hydrogens is 206 g/mol. The maximum atomic E-state index is 10.2. The predicted molar refractivity (Wildman–Crippen MR) is 66.3 cm³/mol. The lowest BCUT2D eigenvalue weighted by atomic mass is 9.87. The predicted octanol–water partition coefficient (Wildman–Crippen LogP) is 2.02. The summed E-state index contributed by atoms with van der Waals surface area (Å²) in [6.45, 7) is 5.46. The van der Waals surface area contributed by atoms with Gasteiger partial charge < -0.3 is 10.4 Å². The van der Waals surface area contributed by atoms with Crippen molar-refractivity contribution in [2.45, 2.75) is 51.2 Å². The zero-order valence-electron chi connectivity index (χ0n) is 9.88. The van der Waals surface area contributed by atoms with E-state index in [2.05, 4.69) is 19.2 Å². The number of hydrogen-bond acceptors (Lipinski definition) is 3. The zero-order valence-corrected chi connectivity index (χ0v) is 10.7. The Morgan fingerprint density at radius 1 is 1.40 bits per heavy atom. The Kier molecular flexibility index (Phi) is 3.34. The van der Waals surface area contributed by atoms with Gasteiger partial charge in [0, 0.05) is 18.3 Å². The first-order chi connectivity index (χ1) is 7.02. The molecule has 0 aromatic rings. The Morgan fingerprint density at radius 3 is 2.73 bits per heavy atom. The molecule has 2 atom stereocenters. The maximum Gasteiger partial charge on any atom is 0.0869 e. The fraction of sp³-hybridized carbons (Fsp3) is 1.00. The molecular formula is C12H23NOS. The lowest BCUT2D eigenvalue weighted by molar-refractivity contribution is 0.0601. The minimum Gasteiger partial charge on any atom is -0.388 e. The van der Waals surface area contributed by atoms with Gasteiger partial charge in [-0.05, 0) is 30.4 Å². The van der Waals surface area contributed by atoms with Crippen LogP contribution in [0.2, 0.25) is 0 Å². The summed E-state index contributed by atoms with van der Waals surface area (Å²) in [5.74, 6) is 2.03. The first-order valence-corrected chi connectivity index (χ1v) is 7.21. The van der Waals surface area contributed by atoms with Gasteiger partial charge in [0.1, 0.15) is 0 Å². The fourth-order valence-corrected chi connectivity index (χ4v) is 4.05. The number of nitrogens with one attached hydrogen (secondary N) is 1. The SMILES string of the molecule is CC1(C)CCCC1NCC1(O)CCSC1. The van der Waals surface area contributed by atoms with Crippen LogP contribution >= 0.6 is 11.8 Å². The molecule has 1 aliphatic carbocycles. The maximum absolute atomic E-state index is 10.2. The van der Waals surface area contributed by atoms with E-state index in [1.54, 1.807) is 0 Å². The van der Waals surface area contributed by atoms with Gasteiger partial charge >= 0.3 is 0 Å². The van der Waals surface area contributed by atoms with Crippen LogP contribution in [0.3, 0.4) is 0 Å². The van der Waals surface area contributed by atoms with Crippen LogP contribution in [0.1, 0.15) is 39.5 Å². The molecule has 2 aliphatic rings. The van der Waals surface area contributed by atoms with Crippen LogP contribution < -0.4 is 5.32 Å². The Balaban J connectivity index is 1.82. The number of rotatable bonds is 3. The molecule has 2 fully saturated rings. The Bertz CT molecular complexity index is 224. The van der Waals surface area contributed by atoms with Crippen molar-refractivity contribution in [2.75, 3.05) is 18.1 Å². The van der Waals surface area contributed by atoms with Crippen molar-refractivity contribution >= 4 is 11.8 Å². The molecule has 0 bridgehead atoms. The number of hydrogen-bond donors (Lipinski definition) is 2. The average molecular weight is 229 g/mol. The third-order valence-electron chi connectivity index (χ3n) is 4.02. The fourth-order valence-electron chi connectivity index (χ4n) is 2.75. The van der Waals surface area contributed by atoms with Crippen molar-refractivity contribution in [3.05, 3.63) is 0 Å². The number of thioether (sulfide) groups is 1. The molecule has 0 spiro atoms. The highest BCUT2D eigenvalue weighted by Crippen LogP contribution is 2.37. The van der Waals surface area contributed by atoms with Gasteiger partial charge in [0.15, 0.2) is 0 Å². The summed E-state index contributed by atoms with van der Waals surface area (Å²) in [6.07, 6.45) is 4.88. The molecule has 15 heavy (non-hydrogen) atoms. The highest BCUT2D eigenvalue weighted by molar-refractivity contribution is 7.99. The highest BCUT2D eigenvalue weighted by atomic mass is 32.2. The second kappa shape index (κ2) is 4.27. The largest absolute Gasteiger partial charge is 0.388 e. The molecule has 1 saturated heterocycles. The average Bonchev–Trinajstić information content (AvgIpc) is 2.70. The van der Waals surface area contributed by atoms with Gasteiger partial charge in [0.2, 0.25) is 0 Å². The van der Waals surface area contributed by atoms with Crippen molar-refractivity contribution in [3.8, 4) is 0 Å². The van der Waals surface area contributed by atoms with E-state index < -0.39 is 5.60 Å². The van der Waals surface area contributed by atoms with Gasteiger partial charge in [-0.25, -0.2) is 0 Å². The van der Waals surface area contributed by atoms with Gasteiger partial charge in [-0.2, -0.15) is 11.8 Å². The molecule has 2 unspecified atom stereocenters. The molecule has 1 aliphatic heterocycles. The Labute approximate surface area is 97.2 Å². The zero-order chi connectivity index (χ0) is 10.9. The molecule has 0 amide bonds. The third-order valence-corrected chi connectivity index (χ3v) is 5.25. The van der Waals surface area contributed by atoms with E-state index in [9.17, 15) is 5.11 Å². The van der Waals surface area contributed by atoms with E-state index in [1.807, 2.05) is 11.8 Å². The van der Waals surface area contributed by atoms with Crippen LogP contribution in [0.15, 0.2) is 0 Å². The van der Waals surface area contributed by atoms with E-state index in [4.69, 9.17) is 0 Å². The van der Waals surface area contributed by atoms with Crippen molar-refractivity contribution in [3.63, 3.8) is 0 Å². The molecule has 2 nitrogen and oxygen atoms in total. The molecule has 1 saturated carbocycles. The quantitative estimate of drug-likeness (QED) is 0.776. The van der Waals surface area contributed by atoms with Crippen molar-refractivity contribution in [2.24, 2.45) is 5.41 Å². The van der Waals surface area contributed by atoms with Crippen molar-refractivity contribution < 1.29 is 5.11 Å². The van der Waals surface area contributed by atoms with Gasteiger partial charge in [0.05, 0.1) is 5.60 Å². The van der Waals surface area contributed by atoms with E-state index in [1.165, 1.54) is 19.3 Å². The summed E-state index contributed by atoms with van der Waals surface area (Å²) in [7, 11) is 0. The lowest BCUT2D eigenvalue weighted by Gasteiger charge is -2.31. The summed E-state index contributed by atoms with van der Waals surface area (Å²) in [4.78, 5) is 0. The van der Waals surface area contributed by atoms with Crippen LogP contribution in [0, 0.1) is 5.41 Å². The second-order valence-corrected chi connectivity index (χ2v) is 6.95. The van der Waals surface area contributed by atoms with E-state index in [0.29, 0.717) is 11.5 Å². The second-order valence-electron chi connectivity index (χ2n) is 5.84. The summed E-state index contributed by atoms with van der Waals surface area (Å²) < 4.78 is 0. The lowest BCUT2D eigenvalue weighted by Crippen LogP contribution is -2.47. The third kappa shape index (κ3) is 2.69. The molecule has 2 rings (SSSR count). The van der Waals surface area contributed by atoms with Crippen LogP contribution in [-0.4, -0.2) is 34.8 Å². The summed E-state index contributed by atoms with van der Waals surface area (Å²) in [6, 6.07) is 0.604. The summed E-state index contributed by atoms with van der Waals surface area (Å²) in [5.41, 5.74) is -0.00849. The molecule has 2 N–H and O–H groups in total. The summed E-state index contributed by atoms with van der Waals surface area (Å²) >= 11 is 1.87. The van der Waals surface area contributed by atoms with Gasteiger partial charge in [0.25, 0.3) is 0 Å². The van der Waals surface area contributed by atoms with Crippen molar-refractivity contribution in [1.29, 1.82) is 0 Å². The topological polar surface area (TPSA) is 32.3 Å². The molecule has 1 heterocycles. The van der Waals surface area contributed by atoms with Crippen molar-refractivity contribution in [1.82, 2.24) is 5.32 Å². The Hall–Kier alpha value is 0.270. The molecule has 0 aromatic carbocycles. The molecule has 88 valence electrons. The van der Waals surface area contributed by atoms with Crippen LogP contribution in [0.5, 0.6) is 0 Å². The highest BCUT2D eigenvalue weighted by Gasteiger charge is 2.37. The van der Waals surface area contributed by atoms with Gasteiger partial charge in [-0.3, -0.25) is 0 Å². The van der Waals surface area contributed by atoms with Crippen LogP contribution in [0.4, 0.5) is 0 Å². The van der Waals surface area contributed by atoms with Crippen LogP contribution in [-0.2, 0) is 0 Å². The smallest absolute Gasteiger partial charge is 0.0869 e. The molecule has 0 aromatic heterocycles. The minimum absolute atomic E-state index is 0.419. The first-order valence-electron chi connectivity index (χ1n) is 6.05. The standard InChI is InChI=1S/C12H23NOS/c1-11(2)5-3-4-10(11)13-8-12(14)6-7-15-9-12/h10,13-14H,3-9H2,1-2H3. The van der Waals surface area contributed by atoms with Crippen LogP contribution in [0.25, 0.3) is 0 Å². The molecule has 0 radical (unpaired) electrons. The minimum atomic E-state index is -0.427. The first kappa shape index (κ1) is 11.7. The van der Waals surface area contributed by atoms with Gasteiger partial charge in [-0.15, -0.1) is 0 Å². The van der Waals surface area contributed by atoms with Gasteiger partial charge in [-0.1, -0.05) is 20.3 Å². The Morgan fingerprint density at radius 2 is 2.20 bits per heavy atom. The normalized spacial score (nSPS) is 39.8. The summed E-state index contributed by atoms with van der Waals surface area (Å²) in [5, 5.41) is 13.8. The monoisotopic (exact) mass is 229 g/mol. The van der Waals surface area contributed by atoms with E-state index in [-0.39, 0.29) is 0 Å². The van der Waals surface area contributed by atoms with E-state index >= 15 is 0 Å². The molecule has 3 heteroatoms.